The third-order valence-electron chi connectivity index (χ3n) is 5.78. The molecule has 0 spiro atoms. The maximum Gasteiger partial charge on any atom is 0.573 e. The van der Waals surface area contributed by atoms with Crippen molar-refractivity contribution >= 4 is 45.0 Å². The molecule has 1 saturated heterocycles. The number of alkyl halides is 3. The Hall–Kier alpha value is -2.40. The number of carbonyl (C=O) groups is 1. The Labute approximate surface area is 212 Å². The summed E-state index contributed by atoms with van der Waals surface area (Å²) < 4.78 is 47.8. The van der Waals surface area contributed by atoms with Gasteiger partial charge >= 0.3 is 6.36 Å². The van der Waals surface area contributed by atoms with Crippen LogP contribution in [0.2, 0.25) is 0 Å². The number of aryl methyl sites for hydroxylation is 2. The Morgan fingerprint density at radius 1 is 1.14 bits per heavy atom. The molecule has 11 heteroatoms. The SMILES string of the molecule is Cc1ccc(CC(=O)N(CCN2CCOCC2)c2nc3ccc(OC(F)(F)F)cc3s2)cc1C.Cl. The lowest BCUT2D eigenvalue weighted by Gasteiger charge is -2.29. The second-order valence-corrected chi connectivity index (χ2v) is 9.28. The number of amides is 1. The van der Waals surface area contributed by atoms with E-state index in [1.807, 2.05) is 32.0 Å². The highest BCUT2D eigenvalue weighted by atomic mass is 35.5. The highest BCUT2D eigenvalue weighted by Gasteiger charge is 2.31. The van der Waals surface area contributed by atoms with Crippen molar-refractivity contribution in [3.05, 3.63) is 53.1 Å². The highest BCUT2D eigenvalue weighted by Crippen LogP contribution is 2.33. The van der Waals surface area contributed by atoms with Gasteiger partial charge in [0.05, 0.1) is 29.9 Å². The summed E-state index contributed by atoms with van der Waals surface area (Å²) in [4.78, 5) is 21.8. The van der Waals surface area contributed by atoms with Gasteiger partial charge in [0.2, 0.25) is 5.91 Å². The molecule has 1 aliphatic heterocycles. The average Bonchev–Trinajstić information content (AvgIpc) is 3.19. The summed E-state index contributed by atoms with van der Waals surface area (Å²) >= 11 is 1.18. The van der Waals surface area contributed by atoms with Gasteiger partial charge < -0.3 is 9.47 Å². The van der Waals surface area contributed by atoms with Gasteiger partial charge in [0.15, 0.2) is 5.13 Å². The maximum atomic E-state index is 13.4. The van der Waals surface area contributed by atoms with Crippen LogP contribution in [-0.2, 0) is 16.0 Å². The molecule has 0 radical (unpaired) electrons. The van der Waals surface area contributed by atoms with Crippen molar-refractivity contribution < 1.29 is 27.4 Å². The van der Waals surface area contributed by atoms with Gasteiger partial charge in [0, 0.05) is 32.2 Å². The zero-order chi connectivity index (χ0) is 24.3. The molecule has 0 unspecified atom stereocenters. The standard InChI is InChI=1S/C24H26F3N3O3S.ClH/c1-16-3-4-18(13-17(16)2)14-22(31)30(8-7-29-9-11-32-12-10-29)23-28-20-6-5-19(15-21(20)34-23)33-24(25,26)27;/h3-6,13,15H,7-12,14H2,1-2H3;1H. The minimum Gasteiger partial charge on any atom is -0.406 e. The Bertz CT molecular complexity index is 1170. The van der Waals surface area contributed by atoms with Crippen molar-refractivity contribution in [2.75, 3.05) is 44.3 Å². The van der Waals surface area contributed by atoms with Crippen molar-refractivity contribution in [2.24, 2.45) is 0 Å². The first-order valence-corrected chi connectivity index (χ1v) is 11.8. The van der Waals surface area contributed by atoms with E-state index in [2.05, 4.69) is 14.6 Å². The number of aromatic nitrogens is 1. The van der Waals surface area contributed by atoms with Gasteiger partial charge in [-0.05, 0) is 42.7 Å². The van der Waals surface area contributed by atoms with E-state index in [0.29, 0.717) is 41.7 Å². The topological polar surface area (TPSA) is 54.9 Å². The highest BCUT2D eigenvalue weighted by molar-refractivity contribution is 7.22. The summed E-state index contributed by atoms with van der Waals surface area (Å²) in [7, 11) is 0. The van der Waals surface area contributed by atoms with E-state index >= 15 is 0 Å². The molecule has 1 amide bonds. The van der Waals surface area contributed by atoms with Crippen molar-refractivity contribution in [1.82, 2.24) is 9.88 Å². The van der Waals surface area contributed by atoms with Crippen molar-refractivity contribution in [2.45, 2.75) is 26.6 Å². The van der Waals surface area contributed by atoms with Crippen LogP contribution in [0.1, 0.15) is 16.7 Å². The predicted octanol–water partition coefficient (Wildman–Crippen LogP) is 5.14. The number of hydrogen-bond acceptors (Lipinski definition) is 6. The lowest BCUT2D eigenvalue weighted by atomic mass is 10.0. The first-order chi connectivity index (χ1) is 16.2. The Morgan fingerprint density at radius 3 is 2.57 bits per heavy atom. The van der Waals surface area contributed by atoms with Gasteiger partial charge in [0.25, 0.3) is 0 Å². The summed E-state index contributed by atoms with van der Waals surface area (Å²) in [6.07, 6.45) is -4.56. The molecule has 6 nitrogen and oxygen atoms in total. The summed E-state index contributed by atoms with van der Waals surface area (Å²) in [6, 6.07) is 9.96. The molecule has 2 heterocycles. The molecular formula is C24H27ClF3N3O3S. The van der Waals surface area contributed by atoms with Crippen LogP contribution in [0.5, 0.6) is 5.75 Å². The van der Waals surface area contributed by atoms with Crippen LogP contribution in [0.25, 0.3) is 10.2 Å². The molecular weight excluding hydrogens is 503 g/mol. The summed E-state index contributed by atoms with van der Waals surface area (Å²) in [5, 5.41) is 0.459. The Morgan fingerprint density at radius 2 is 1.89 bits per heavy atom. The number of rotatable bonds is 7. The normalized spacial score (nSPS) is 14.5. The smallest absolute Gasteiger partial charge is 0.406 e. The molecule has 3 aromatic rings. The van der Waals surface area contributed by atoms with E-state index < -0.39 is 6.36 Å². The number of morpholine rings is 1. The molecule has 0 saturated carbocycles. The number of thiazole rings is 1. The molecule has 4 rings (SSSR count). The molecule has 2 aromatic carbocycles. The summed E-state index contributed by atoms with van der Waals surface area (Å²) in [6.45, 7) is 7.99. The third-order valence-corrected chi connectivity index (χ3v) is 6.83. The molecule has 0 N–H and O–H groups in total. The largest absolute Gasteiger partial charge is 0.573 e. The fourth-order valence-electron chi connectivity index (χ4n) is 3.78. The van der Waals surface area contributed by atoms with Crippen molar-refractivity contribution in [1.29, 1.82) is 0 Å². The van der Waals surface area contributed by atoms with Crippen molar-refractivity contribution in [3.8, 4) is 5.75 Å². The number of benzene rings is 2. The lowest BCUT2D eigenvalue weighted by molar-refractivity contribution is -0.274. The summed E-state index contributed by atoms with van der Waals surface area (Å²) in [5.41, 5.74) is 3.70. The van der Waals surface area contributed by atoms with E-state index in [1.165, 1.54) is 29.5 Å². The third kappa shape index (κ3) is 7.30. The predicted molar refractivity (Wildman–Crippen MR) is 133 cm³/mol. The van der Waals surface area contributed by atoms with Crippen LogP contribution in [0.3, 0.4) is 0 Å². The number of fused-ring (bicyclic) bond motifs is 1. The second kappa shape index (κ2) is 11.6. The quantitative estimate of drug-likeness (QED) is 0.424. The second-order valence-electron chi connectivity index (χ2n) is 8.27. The minimum atomic E-state index is -4.77. The maximum absolute atomic E-state index is 13.4. The fraction of sp³-hybridized carbons (Fsp3) is 0.417. The minimum absolute atomic E-state index is 0. The van der Waals surface area contributed by atoms with Gasteiger partial charge in [-0.1, -0.05) is 29.5 Å². The number of hydrogen-bond donors (Lipinski definition) is 0. The number of halogens is 4. The van der Waals surface area contributed by atoms with E-state index in [4.69, 9.17) is 4.74 Å². The molecule has 0 bridgehead atoms. The molecule has 35 heavy (non-hydrogen) atoms. The van der Waals surface area contributed by atoms with Crippen LogP contribution < -0.4 is 9.64 Å². The van der Waals surface area contributed by atoms with Gasteiger partial charge in [-0.2, -0.15) is 0 Å². The number of ether oxygens (including phenoxy) is 2. The van der Waals surface area contributed by atoms with Gasteiger partial charge in [0.1, 0.15) is 5.75 Å². The summed E-state index contributed by atoms with van der Waals surface area (Å²) in [5.74, 6) is -0.418. The van der Waals surface area contributed by atoms with E-state index in [-0.39, 0.29) is 30.5 Å². The van der Waals surface area contributed by atoms with Gasteiger partial charge in [-0.25, -0.2) is 4.98 Å². The monoisotopic (exact) mass is 529 g/mol. The molecule has 190 valence electrons. The van der Waals surface area contributed by atoms with Crippen LogP contribution >= 0.6 is 23.7 Å². The van der Waals surface area contributed by atoms with Crippen LogP contribution in [0.4, 0.5) is 18.3 Å². The zero-order valence-corrected chi connectivity index (χ0v) is 21.1. The molecule has 0 aliphatic carbocycles. The van der Waals surface area contributed by atoms with Crippen LogP contribution in [0.15, 0.2) is 36.4 Å². The van der Waals surface area contributed by atoms with Crippen LogP contribution in [-0.4, -0.2) is 61.5 Å². The number of anilines is 1. The van der Waals surface area contributed by atoms with Crippen LogP contribution in [0, 0.1) is 13.8 Å². The van der Waals surface area contributed by atoms with E-state index in [9.17, 15) is 18.0 Å². The Balaban J connectivity index is 0.00000342. The first-order valence-electron chi connectivity index (χ1n) is 11.0. The molecule has 1 aromatic heterocycles. The van der Waals surface area contributed by atoms with Gasteiger partial charge in [-0.3, -0.25) is 14.6 Å². The number of carbonyl (C=O) groups excluding carboxylic acids is 1. The average molecular weight is 530 g/mol. The fourth-order valence-corrected chi connectivity index (χ4v) is 4.82. The van der Waals surface area contributed by atoms with Gasteiger partial charge in [-0.15, -0.1) is 25.6 Å². The zero-order valence-electron chi connectivity index (χ0n) is 19.4. The van der Waals surface area contributed by atoms with Crippen molar-refractivity contribution in [3.63, 3.8) is 0 Å². The number of nitrogens with zero attached hydrogens (tertiary/aromatic N) is 3. The van der Waals surface area contributed by atoms with E-state index in [1.54, 1.807) is 4.90 Å². The first kappa shape index (κ1) is 27.2. The Kier molecular flexibility index (Phi) is 8.98. The molecule has 1 fully saturated rings. The molecule has 1 aliphatic rings. The van der Waals surface area contributed by atoms with E-state index in [0.717, 1.165) is 29.8 Å². The lowest BCUT2D eigenvalue weighted by Crippen LogP contribution is -2.43. The molecule has 0 atom stereocenters.